The van der Waals surface area contributed by atoms with Crippen molar-refractivity contribution >= 4 is 52.3 Å². The minimum absolute atomic E-state index is 0.183. The monoisotopic (exact) mass is 609 g/mol. The lowest BCUT2D eigenvalue weighted by Crippen LogP contribution is -2.39. The van der Waals surface area contributed by atoms with Gasteiger partial charge in [0.25, 0.3) is 5.56 Å². The molecule has 2 aromatic heterocycles. The molecule has 2 aromatic carbocycles. The van der Waals surface area contributed by atoms with Crippen LogP contribution in [0.25, 0.3) is 17.4 Å². The Bertz CT molecular complexity index is 1810. The van der Waals surface area contributed by atoms with Crippen molar-refractivity contribution in [1.29, 1.82) is 0 Å². The van der Waals surface area contributed by atoms with E-state index < -0.39 is 12.0 Å². The molecule has 10 heteroatoms. The van der Waals surface area contributed by atoms with Crippen LogP contribution in [0.2, 0.25) is 10.0 Å². The van der Waals surface area contributed by atoms with Crippen molar-refractivity contribution in [3.8, 4) is 11.3 Å². The first-order valence-corrected chi connectivity index (χ1v) is 14.9. The van der Waals surface area contributed by atoms with Gasteiger partial charge in [0.1, 0.15) is 17.6 Å². The molecule has 41 heavy (non-hydrogen) atoms. The topological polar surface area (TPSA) is 77.0 Å². The number of carbonyl (C=O) groups is 1. The molecule has 1 aliphatic heterocycles. The van der Waals surface area contributed by atoms with Crippen molar-refractivity contribution in [2.24, 2.45) is 4.99 Å². The number of aromatic nitrogens is 1. The van der Waals surface area contributed by atoms with E-state index in [0.29, 0.717) is 42.2 Å². The first-order chi connectivity index (χ1) is 19.7. The number of nitrogens with zero attached hydrogens (tertiary/aromatic N) is 3. The average molecular weight is 611 g/mol. The lowest BCUT2D eigenvalue weighted by atomic mass is 10.0. The second kappa shape index (κ2) is 12.1. The van der Waals surface area contributed by atoms with Crippen LogP contribution >= 0.6 is 34.5 Å². The molecule has 3 heterocycles. The van der Waals surface area contributed by atoms with Crippen LogP contribution < -0.4 is 19.8 Å². The Hall–Kier alpha value is -3.59. The highest BCUT2D eigenvalue weighted by Gasteiger charge is 2.35. The van der Waals surface area contributed by atoms with E-state index in [0.717, 1.165) is 24.3 Å². The van der Waals surface area contributed by atoms with Crippen LogP contribution in [-0.2, 0) is 9.53 Å². The van der Waals surface area contributed by atoms with E-state index in [1.807, 2.05) is 18.2 Å². The number of rotatable bonds is 8. The molecule has 5 rings (SSSR count). The van der Waals surface area contributed by atoms with Gasteiger partial charge in [-0.3, -0.25) is 9.36 Å². The molecule has 0 unspecified atom stereocenters. The Balaban J connectivity index is 1.62. The van der Waals surface area contributed by atoms with E-state index in [1.165, 1.54) is 15.9 Å². The zero-order valence-corrected chi connectivity index (χ0v) is 25.4. The first kappa shape index (κ1) is 28.9. The molecule has 1 atom stereocenters. The highest BCUT2D eigenvalue weighted by molar-refractivity contribution is 7.07. The van der Waals surface area contributed by atoms with Crippen LogP contribution in [-0.4, -0.2) is 30.2 Å². The number of esters is 1. The first-order valence-electron chi connectivity index (χ1n) is 13.4. The molecule has 212 valence electrons. The van der Waals surface area contributed by atoms with Gasteiger partial charge in [0.05, 0.1) is 32.5 Å². The lowest BCUT2D eigenvalue weighted by Gasteiger charge is -2.22. The van der Waals surface area contributed by atoms with Gasteiger partial charge in [0, 0.05) is 24.3 Å². The van der Waals surface area contributed by atoms with Gasteiger partial charge in [-0.15, -0.1) is 0 Å². The Kier molecular flexibility index (Phi) is 8.54. The van der Waals surface area contributed by atoms with Crippen LogP contribution in [0, 0.1) is 0 Å². The molecular formula is C31H29Cl2N3O4S. The summed E-state index contributed by atoms with van der Waals surface area (Å²) in [7, 11) is 0. The Morgan fingerprint density at radius 3 is 2.46 bits per heavy atom. The maximum absolute atomic E-state index is 13.9. The van der Waals surface area contributed by atoms with Crippen LogP contribution in [0.15, 0.2) is 80.1 Å². The van der Waals surface area contributed by atoms with Gasteiger partial charge in [-0.1, -0.05) is 46.7 Å². The number of hydrogen-bond donors (Lipinski definition) is 0. The van der Waals surface area contributed by atoms with Crippen molar-refractivity contribution in [3.05, 3.63) is 107 Å². The Labute approximate surface area is 251 Å². The highest BCUT2D eigenvalue weighted by Crippen LogP contribution is 2.35. The van der Waals surface area contributed by atoms with E-state index in [-0.39, 0.29) is 17.7 Å². The fourth-order valence-corrected chi connectivity index (χ4v) is 6.23. The number of benzene rings is 2. The number of allylic oxidation sites excluding steroid dienone is 1. The molecule has 4 aromatic rings. The quantitative estimate of drug-likeness (QED) is 0.222. The van der Waals surface area contributed by atoms with E-state index >= 15 is 0 Å². The maximum atomic E-state index is 13.9. The van der Waals surface area contributed by atoms with E-state index in [4.69, 9.17) is 32.4 Å². The summed E-state index contributed by atoms with van der Waals surface area (Å²) >= 11 is 13.6. The molecule has 0 bridgehead atoms. The van der Waals surface area contributed by atoms with Crippen molar-refractivity contribution in [3.63, 3.8) is 0 Å². The van der Waals surface area contributed by atoms with Gasteiger partial charge >= 0.3 is 5.97 Å². The summed E-state index contributed by atoms with van der Waals surface area (Å²) in [5.74, 6) is 0.374. The predicted octanol–water partition coefficient (Wildman–Crippen LogP) is 6.21. The third-order valence-corrected chi connectivity index (χ3v) is 8.66. The van der Waals surface area contributed by atoms with Crippen LogP contribution in [0.1, 0.15) is 45.1 Å². The van der Waals surface area contributed by atoms with Gasteiger partial charge in [-0.2, -0.15) is 0 Å². The average Bonchev–Trinajstić information content (AvgIpc) is 3.56. The summed E-state index contributed by atoms with van der Waals surface area (Å²) in [5.41, 5.74) is 3.18. The van der Waals surface area contributed by atoms with Crippen LogP contribution in [0.5, 0.6) is 0 Å². The fourth-order valence-electron chi connectivity index (χ4n) is 4.89. The second-order valence-corrected chi connectivity index (χ2v) is 11.2. The van der Waals surface area contributed by atoms with Crippen molar-refractivity contribution in [1.82, 2.24) is 4.57 Å². The number of fused-ring (bicyclic) bond motifs is 1. The van der Waals surface area contributed by atoms with Crippen LogP contribution in [0.3, 0.4) is 0 Å². The third kappa shape index (κ3) is 5.64. The van der Waals surface area contributed by atoms with Crippen molar-refractivity contribution in [2.75, 3.05) is 24.6 Å². The molecule has 1 aliphatic rings. The number of hydrogen-bond acceptors (Lipinski definition) is 7. The van der Waals surface area contributed by atoms with E-state index in [1.54, 1.807) is 44.2 Å². The highest BCUT2D eigenvalue weighted by atomic mass is 35.5. The standard InChI is InChI=1S/C31H29Cl2N3O4S/c1-5-35(6-2)21-11-8-19(9-12-21)16-26-29(37)36-28(27(30(38)39-7-3)18(4)34-31(36)41-26)25-15-14-24(40-25)20-10-13-22(32)23(33)17-20/h8-17,28H,5-7H2,1-4H3/b26-16-/t28-/m0/s1. The van der Waals surface area contributed by atoms with Gasteiger partial charge in [-0.25, -0.2) is 9.79 Å². The zero-order valence-electron chi connectivity index (χ0n) is 23.1. The summed E-state index contributed by atoms with van der Waals surface area (Å²) in [6.45, 7) is 9.72. The lowest BCUT2D eigenvalue weighted by molar-refractivity contribution is -0.139. The van der Waals surface area contributed by atoms with Gasteiger partial charge < -0.3 is 14.1 Å². The van der Waals surface area contributed by atoms with Crippen molar-refractivity contribution in [2.45, 2.75) is 33.7 Å². The van der Waals surface area contributed by atoms with Gasteiger partial charge in [0.15, 0.2) is 4.80 Å². The summed E-state index contributed by atoms with van der Waals surface area (Å²) in [4.78, 5) is 34.4. The molecule has 0 N–H and O–H groups in total. The molecule has 7 nitrogen and oxygen atoms in total. The minimum atomic E-state index is -0.853. The summed E-state index contributed by atoms with van der Waals surface area (Å²) in [6, 6.07) is 16.0. The third-order valence-electron chi connectivity index (χ3n) is 6.94. The van der Waals surface area contributed by atoms with E-state index in [2.05, 4.69) is 35.9 Å². The van der Waals surface area contributed by atoms with Crippen LogP contribution in [0.4, 0.5) is 5.69 Å². The molecule has 0 fully saturated rings. The normalized spacial score (nSPS) is 15.1. The number of anilines is 1. The number of furan rings is 1. The summed E-state index contributed by atoms with van der Waals surface area (Å²) in [6.07, 6.45) is 1.85. The SMILES string of the molecule is CCOC(=O)C1=C(C)N=c2s/c(=C\c3ccc(N(CC)CC)cc3)c(=O)n2[C@H]1c1ccc(-c2ccc(Cl)c(Cl)c2)o1. The molecule has 0 saturated carbocycles. The Morgan fingerprint density at radius 2 is 1.80 bits per heavy atom. The minimum Gasteiger partial charge on any atom is -0.463 e. The Morgan fingerprint density at radius 1 is 1.07 bits per heavy atom. The maximum Gasteiger partial charge on any atom is 0.338 e. The molecule has 0 saturated heterocycles. The summed E-state index contributed by atoms with van der Waals surface area (Å²) in [5, 5.41) is 0.823. The number of halogens is 2. The van der Waals surface area contributed by atoms with E-state index in [9.17, 15) is 9.59 Å². The molecule has 0 amide bonds. The molecule has 0 radical (unpaired) electrons. The molecule has 0 aliphatic carbocycles. The van der Waals surface area contributed by atoms with Gasteiger partial charge in [-0.05, 0) is 81.8 Å². The largest absolute Gasteiger partial charge is 0.463 e. The molecule has 0 spiro atoms. The summed E-state index contributed by atoms with van der Waals surface area (Å²) < 4.78 is 13.6. The number of ether oxygens (including phenoxy) is 1. The van der Waals surface area contributed by atoms with Crippen molar-refractivity contribution < 1.29 is 13.9 Å². The second-order valence-electron chi connectivity index (χ2n) is 9.40. The fraction of sp³-hybridized carbons (Fsp3) is 0.258. The zero-order chi connectivity index (χ0) is 29.3. The van der Waals surface area contributed by atoms with Gasteiger partial charge in [0.2, 0.25) is 0 Å². The number of carbonyl (C=O) groups excluding carboxylic acids is 1. The predicted molar refractivity (Wildman–Crippen MR) is 165 cm³/mol. The number of thiazole rings is 1. The smallest absolute Gasteiger partial charge is 0.338 e. The molecular weight excluding hydrogens is 581 g/mol.